The first kappa shape index (κ1) is 13.9. The van der Waals surface area contributed by atoms with Crippen LogP contribution in [0.5, 0.6) is 0 Å². The van der Waals surface area contributed by atoms with Crippen LogP contribution in [0.2, 0.25) is 0 Å². The molecule has 1 aromatic heterocycles. The van der Waals surface area contributed by atoms with Crippen molar-refractivity contribution in [1.82, 2.24) is 9.78 Å². The fourth-order valence-corrected chi connectivity index (χ4v) is 2.99. The number of nitrogen functional groups attached to an aromatic ring is 1. The van der Waals surface area contributed by atoms with Crippen molar-refractivity contribution in [1.29, 1.82) is 5.26 Å². The third kappa shape index (κ3) is 2.57. The Kier molecular flexibility index (Phi) is 3.38. The summed E-state index contributed by atoms with van der Waals surface area (Å²) < 4.78 is 28.4. The van der Waals surface area contributed by atoms with Gasteiger partial charge in [-0.2, -0.15) is 10.4 Å². The van der Waals surface area contributed by atoms with E-state index in [0.717, 1.165) is 0 Å². The molecule has 0 saturated heterocycles. The summed E-state index contributed by atoms with van der Waals surface area (Å²) in [5.74, 6) is 0.322. The second-order valence-corrected chi connectivity index (χ2v) is 5.92. The van der Waals surface area contributed by atoms with Gasteiger partial charge in [-0.25, -0.2) is 8.42 Å². The SMILES string of the molecule is Cc1cc(NS(=O)(=O)c2ccc(N)cc2C#N)n(C)n1. The van der Waals surface area contributed by atoms with E-state index >= 15 is 0 Å². The summed E-state index contributed by atoms with van der Waals surface area (Å²) in [5, 5.41) is 13.1. The lowest BCUT2D eigenvalue weighted by molar-refractivity contribution is 0.600. The molecule has 1 heterocycles. The molecule has 104 valence electrons. The molecule has 0 aliphatic carbocycles. The molecule has 0 unspecified atom stereocenters. The second-order valence-electron chi connectivity index (χ2n) is 4.27. The van der Waals surface area contributed by atoms with Crippen LogP contribution in [0.25, 0.3) is 0 Å². The van der Waals surface area contributed by atoms with E-state index in [1.165, 1.54) is 22.9 Å². The first-order chi connectivity index (χ1) is 9.33. The minimum atomic E-state index is -3.87. The van der Waals surface area contributed by atoms with Crippen LogP contribution in [-0.4, -0.2) is 18.2 Å². The van der Waals surface area contributed by atoms with E-state index in [2.05, 4.69) is 9.82 Å². The van der Waals surface area contributed by atoms with Crippen molar-refractivity contribution in [3.05, 3.63) is 35.5 Å². The van der Waals surface area contributed by atoms with Crippen molar-refractivity contribution in [2.75, 3.05) is 10.5 Å². The zero-order chi connectivity index (χ0) is 14.9. The lowest BCUT2D eigenvalue weighted by Crippen LogP contribution is -2.16. The van der Waals surface area contributed by atoms with Gasteiger partial charge in [0.05, 0.1) is 11.3 Å². The third-order valence-electron chi connectivity index (χ3n) is 2.65. The van der Waals surface area contributed by atoms with Crippen molar-refractivity contribution in [2.45, 2.75) is 11.8 Å². The van der Waals surface area contributed by atoms with Crippen LogP contribution in [-0.2, 0) is 17.1 Å². The number of hydrogen-bond donors (Lipinski definition) is 2. The Bertz CT molecular complexity index is 802. The van der Waals surface area contributed by atoms with Crippen molar-refractivity contribution in [2.24, 2.45) is 7.05 Å². The molecule has 0 aliphatic rings. The molecule has 2 rings (SSSR count). The molecule has 2 aromatic rings. The highest BCUT2D eigenvalue weighted by Crippen LogP contribution is 2.21. The molecular formula is C12H13N5O2S. The monoisotopic (exact) mass is 291 g/mol. The molecule has 8 heteroatoms. The highest BCUT2D eigenvalue weighted by atomic mass is 32.2. The van der Waals surface area contributed by atoms with Gasteiger partial charge in [0.1, 0.15) is 16.8 Å². The predicted octanol–water partition coefficient (Wildman–Crippen LogP) is 0.983. The van der Waals surface area contributed by atoms with Crippen LogP contribution >= 0.6 is 0 Å². The van der Waals surface area contributed by atoms with Crippen LogP contribution in [0.3, 0.4) is 0 Å². The Labute approximate surface area is 116 Å². The van der Waals surface area contributed by atoms with E-state index in [9.17, 15) is 8.42 Å². The highest BCUT2D eigenvalue weighted by molar-refractivity contribution is 7.92. The van der Waals surface area contributed by atoms with Gasteiger partial charge in [-0.05, 0) is 25.1 Å². The van der Waals surface area contributed by atoms with Gasteiger partial charge in [0.15, 0.2) is 0 Å². The summed E-state index contributed by atoms with van der Waals surface area (Å²) in [6.07, 6.45) is 0. The lowest BCUT2D eigenvalue weighted by Gasteiger charge is -2.09. The smallest absolute Gasteiger partial charge is 0.264 e. The fourth-order valence-electron chi connectivity index (χ4n) is 1.77. The first-order valence-electron chi connectivity index (χ1n) is 5.66. The van der Waals surface area contributed by atoms with E-state index in [4.69, 9.17) is 11.0 Å². The molecule has 0 aliphatic heterocycles. The van der Waals surface area contributed by atoms with Crippen LogP contribution in [0.1, 0.15) is 11.3 Å². The van der Waals surface area contributed by atoms with E-state index in [1.807, 2.05) is 6.07 Å². The summed E-state index contributed by atoms with van der Waals surface area (Å²) in [4.78, 5) is -0.118. The van der Waals surface area contributed by atoms with Gasteiger partial charge in [0.2, 0.25) is 0 Å². The van der Waals surface area contributed by atoms with Crippen LogP contribution in [0, 0.1) is 18.3 Å². The van der Waals surface area contributed by atoms with Crippen LogP contribution in [0.4, 0.5) is 11.5 Å². The van der Waals surface area contributed by atoms with Crippen molar-refractivity contribution >= 4 is 21.5 Å². The third-order valence-corrected chi connectivity index (χ3v) is 4.07. The van der Waals surface area contributed by atoms with Gasteiger partial charge < -0.3 is 5.73 Å². The Hall–Kier alpha value is -2.53. The molecule has 0 atom stereocenters. The molecule has 3 N–H and O–H groups in total. The summed E-state index contributed by atoms with van der Waals surface area (Å²) in [6, 6.07) is 7.49. The topological polar surface area (TPSA) is 114 Å². The Balaban J connectivity index is 2.46. The molecule has 1 aromatic carbocycles. The Morgan fingerprint density at radius 3 is 2.65 bits per heavy atom. The van der Waals surface area contributed by atoms with Crippen molar-refractivity contribution in [3.8, 4) is 6.07 Å². The molecule has 7 nitrogen and oxygen atoms in total. The zero-order valence-electron chi connectivity index (χ0n) is 11.0. The minimum absolute atomic E-state index is 0.00334. The fraction of sp³-hybridized carbons (Fsp3) is 0.167. The number of nitrogens with two attached hydrogens (primary N) is 1. The van der Waals surface area contributed by atoms with Crippen molar-refractivity contribution in [3.63, 3.8) is 0 Å². The number of hydrogen-bond acceptors (Lipinski definition) is 5. The summed E-state index contributed by atoms with van der Waals surface area (Å²) in [7, 11) is -2.25. The number of sulfonamides is 1. The van der Waals surface area contributed by atoms with Crippen molar-refractivity contribution < 1.29 is 8.42 Å². The van der Waals surface area contributed by atoms with Gasteiger partial charge >= 0.3 is 0 Å². The quantitative estimate of drug-likeness (QED) is 0.818. The molecule has 0 amide bonds. The second kappa shape index (κ2) is 4.86. The van der Waals surface area contributed by atoms with Crippen LogP contribution < -0.4 is 10.5 Å². The summed E-state index contributed by atoms with van der Waals surface area (Å²) in [6.45, 7) is 1.75. The highest BCUT2D eigenvalue weighted by Gasteiger charge is 2.20. The number of nitrogens with zero attached hydrogens (tertiary/aromatic N) is 3. The number of aromatic nitrogens is 2. The minimum Gasteiger partial charge on any atom is -0.399 e. The molecule has 0 fully saturated rings. The average molecular weight is 291 g/mol. The van der Waals surface area contributed by atoms with Gasteiger partial charge in [-0.15, -0.1) is 0 Å². The lowest BCUT2D eigenvalue weighted by atomic mass is 10.2. The standard InChI is InChI=1S/C12H13N5O2S/c1-8-5-12(17(2)15-8)16-20(18,19)11-4-3-10(14)6-9(11)7-13/h3-6,16H,14H2,1-2H3. The number of benzene rings is 1. The molecule has 20 heavy (non-hydrogen) atoms. The van der Waals surface area contributed by atoms with Gasteiger partial charge in [0.25, 0.3) is 10.0 Å². The number of nitriles is 1. The average Bonchev–Trinajstić information content (AvgIpc) is 2.66. The first-order valence-corrected chi connectivity index (χ1v) is 7.15. The maximum absolute atomic E-state index is 12.3. The summed E-state index contributed by atoms with van der Waals surface area (Å²) >= 11 is 0. The van der Waals surface area contributed by atoms with E-state index in [0.29, 0.717) is 17.2 Å². The van der Waals surface area contributed by atoms with Gasteiger partial charge in [-0.1, -0.05) is 0 Å². The van der Waals surface area contributed by atoms with E-state index < -0.39 is 10.0 Å². The molecule has 0 spiro atoms. The predicted molar refractivity (Wildman–Crippen MR) is 74.3 cm³/mol. The van der Waals surface area contributed by atoms with E-state index in [-0.39, 0.29) is 10.5 Å². The number of rotatable bonds is 3. The molecule has 0 radical (unpaired) electrons. The molecule has 0 saturated carbocycles. The Morgan fingerprint density at radius 1 is 1.40 bits per heavy atom. The zero-order valence-corrected chi connectivity index (χ0v) is 11.8. The number of nitrogens with one attached hydrogen (secondary N) is 1. The van der Waals surface area contributed by atoms with Gasteiger partial charge in [0, 0.05) is 18.8 Å². The largest absolute Gasteiger partial charge is 0.399 e. The van der Waals surface area contributed by atoms with E-state index in [1.54, 1.807) is 20.0 Å². The maximum atomic E-state index is 12.3. The molecular weight excluding hydrogens is 278 g/mol. The van der Waals surface area contributed by atoms with Gasteiger partial charge in [-0.3, -0.25) is 9.40 Å². The Morgan fingerprint density at radius 2 is 2.10 bits per heavy atom. The number of anilines is 2. The summed E-state index contributed by atoms with van der Waals surface area (Å²) in [5.41, 5.74) is 6.56. The molecule has 0 bridgehead atoms. The maximum Gasteiger partial charge on any atom is 0.264 e. The normalized spacial score (nSPS) is 11.1. The van der Waals surface area contributed by atoms with Crippen LogP contribution in [0.15, 0.2) is 29.2 Å². The number of aryl methyl sites for hydroxylation is 2.